The minimum atomic E-state index is 0.435. The number of alkyl halides is 1. The van der Waals surface area contributed by atoms with E-state index in [0.717, 1.165) is 5.75 Å². The number of rotatable bonds is 2. The molecule has 0 atom stereocenters. The van der Waals surface area contributed by atoms with Crippen LogP contribution in [-0.4, -0.2) is 11.4 Å². The van der Waals surface area contributed by atoms with E-state index in [1.165, 1.54) is 44.1 Å². The van der Waals surface area contributed by atoms with E-state index >= 15 is 0 Å². The number of benzene rings is 1. The number of fused-ring (bicyclic) bond motifs is 3. The van der Waals surface area contributed by atoms with Crippen LogP contribution < -0.4 is 4.74 Å². The van der Waals surface area contributed by atoms with Gasteiger partial charge in [-0.15, -0.1) is 0 Å². The topological polar surface area (TPSA) is 9.23 Å². The summed E-state index contributed by atoms with van der Waals surface area (Å²) in [6.45, 7) is 0. The molecule has 0 heterocycles. The van der Waals surface area contributed by atoms with Crippen LogP contribution in [0, 0.1) is 0 Å². The maximum absolute atomic E-state index is 5.36. The lowest BCUT2D eigenvalue weighted by atomic mass is 9.58. The minimum absolute atomic E-state index is 0.435. The van der Waals surface area contributed by atoms with Gasteiger partial charge in [0.1, 0.15) is 5.75 Å². The van der Waals surface area contributed by atoms with Crippen molar-refractivity contribution in [1.29, 1.82) is 0 Å². The first kappa shape index (κ1) is 11.6. The van der Waals surface area contributed by atoms with Gasteiger partial charge in [-0.3, -0.25) is 0 Å². The molecule has 1 nitrogen and oxygen atoms in total. The maximum atomic E-state index is 5.36. The minimum Gasteiger partial charge on any atom is -0.497 e. The van der Waals surface area contributed by atoms with E-state index in [2.05, 4.69) is 34.1 Å². The first-order chi connectivity index (χ1) is 8.16. The van der Waals surface area contributed by atoms with Crippen molar-refractivity contribution >= 4 is 15.9 Å². The van der Waals surface area contributed by atoms with E-state index < -0.39 is 0 Å². The number of hydrogen-bond donors (Lipinski definition) is 0. The number of methoxy groups -OCH3 is 1. The highest BCUT2D eigenvalue weighted by Crippen LogP contribution is 2.57. The highest BCUT2D eigenvalue weighted by Gasteiger charge is 2.48. The van der Waals surface area contributed by atoms with Crippen molar-refractivity contribution in [2.75, 3.05) is 7.11 Å². The molecule has 0 saturated heterocycles. The first-order valence-corrected chi connectivity index (χ1v) is 7.29. The van der Waals surface area contributed by atoms with Crippen LogP contribution in [0.15, 0.2) is 24.3 Å². The fourth-order valence-electron chi connectivity index (χ4n) is 3.53. The summed E-state index contributed by atoms with van der Waals surface area (Å²) >= 11 is 3.93. The van der Waals surface area contributed by atoms with Crippen LogP contribution in [0.2, 0.25) is 0 Å². The monoisotopic (exact) mass is 294 g/mol. The molecule has 2 bridgehead atoms. The Morgan fingerprint density at radius 2 is 1.71 bits per heavy atom. The molecule has 0 spiro atoms. The van der Waals surface area contributed by atoms with Gasteiger partial charge in [0.15, 0.2) is 0 Å². The lowest BCUT2D eigenvalue weighted by Crippen LogP contribution is -2.44. The Bertz CT molecular complexity index is 402. The van der Waals surface area contributed by atoms with E-state index in [1.54, 1.807) is 7.11 Å². The van der Waals surface area contributed by atoms with Crippen molar-refractivity contribution in [3.05, 3.63) is 29.8 Å². The van der Waals surface area contributed by atoms with Crippen LogP contribution in [0.4, 0.5) is 0 Å². The maximum Gasteiger partial charge on any atom is 0.119 e. The molecule has 0 radical (unpaired) electrons. The van der Waals surface area contributed by atoms with Gasteiger partial charge in [0, 0.05) is 4.32 Å². The van der Waals surface area contributed by atoms with Crippen molar-refractivity contribution < 1.29 is 4.74 Å². The molecule has 3 saturated carbocycles. The van der Waals surface area contributed by atoms with Gasteiger partial charge in [-0.2, -0.15) is 0 Å². The van der Waals surface area contributed by atoms with Gasteiger partial charge in [-0.05, 0) is 61.6 Å². The van der Waals surface area contributed by atoms with Crippen LogP contribution in [-0.2, 0) is 5.41 Å². The normalized spacial score (nSPS) is 35.9. The van der Waals surface area contributed by atoms with E-state index in [0.29, 0.717) is 9.74 Å². The van der Waals surface area contributed by atoms with E-state index in [9.17, 15) is 0 Å². The predicted octanol–water partition coefficient (Wildman–Crippen LogP) is 4.43. The molecule has 3 aliphatic carbocycles. The van der Waals surface area contributed by atoms with Gasteiger partial charge in [0.25, 0.3) is 0 Å². The van der Waals surface area contributed by atoms with Crippen molar-refractivity contribution in [2.24, 2.45) is 0 Å². The van der Waals surface area contributed by atoms with Crippen LogP contribution in [0.25, 0.3) is 0 Å². The third-order valence-electron chi connectivity index (χ3n) is 4.84. The summed E-state index contributed by atoms with van der Waals surface area (Å²) in [4.78, 5) is 0. The Balaban J connectivity index is 1.93. The van der Waals surface area contributed by atoms with E-state index in [4.69, 9.17) is 4.74 Å². The molecule has 0 aliphatic heterocycles. The molecule has 0 amide bonds. The lowest BCUT2D eigenvalue weighted by molar-refractivity contribution is 0.162. The SMILES string of the molecule is COc1cccc(C23CCC(Br)(CC2)CC3)c1. The van der Waals surface area contributed by atoms with E-state index in [1.807, 2.05) is 6.07 Å². The standard InChI is InChI=1S/C15H19BrO/c1-17-13-4-2-3-12(11-13)14-5-8-15(16,9-6-14)10-7-14/h2-4,11H,5-10H2,1H3. The Morgan fingerprint density at radius 3 is 2.29 bits per heavy atom. The van der Waals surface area contributed by atoms with Gasteiger partial charge in [0.2, 0.25) is 0 Å². The molecular formula is C15H19BrO. The number of halogens is 1. The van der Waals surface area contributed by atoms with Gasteiger partial charge < -0.3 is 4.74 Å². The fraction of sp³-hybridized carbons (Fsp3) is 0.600. The highest BCUT2D eigenvalue weighted by atomic mass is 79.9. The van der Waals surface area contributed by atoms with Crippen molar-refractivity contribution in [3.63, 3.8) is 0 Å². The van der Waals surface area contributed by atoms with Crippen LogP contribution >= 0.6 is 15.9 Å². The largest absolute Gasteiger partial charge is 0.497 e. The zero-order chi connectivity index (χ0) is 11.9. The molecule has 1 aromatic rings. The van der Waals surface area contributed by atoms with Gasteiger partial charge in [-0.25, -0.2) is 0 Å². The third kappa shape index (κ3) is 1.91. The summed E-state index contributed by atoms with van der Waals surface area (Å²) in [6, 6.07) is 8.70. The van der Waals surface area contributed by atoms with Crippen molar-refractivity contribution in [1.82, 2.24) is 0 Å². The summed E-state index contributed by atoms with van der Waals surface area (Å²) < 4.78 is 5.82. The Hall–Kier alpha value is -0.500. The molecule has 3 fully saturated rings. The first-order valence-electron chi connectivity index (χ1n) is 6.49. The fourth-order valence-corrected chi connectivity index (χ4v) is 4.12. The Morgan fingerprint density at radius 1 is 1.06 bits per heavy atom. The summed E-state index contributed by atoms with van der Waals surface area (Å²) in [6.07, 6.45) is 7.95. The zero-order valence-electron chi connectivity index (χ0n) is 10.3. The molecule has 0 aromatic heterocycles. The molecule has 4 rings (SSSR count). The third-order valence-corrected chi connectivity index (χ3v) is 6.03. The second-order valence-electron chi connectivity index (χ2n) is 5.66. The summed E-state index contributed by atoms with van der Waals surface area (Å²) in [7, 11) is 1.75. The molecule has 3 aliphatic rings. The van der Waals surface area contributed by atoms with Gasteiger partial charge >= 0.3 is 0 Å². The van der Waals surface area contributed by atoms with Crippen LogP contribution in [0.1, 0.15) is 44.1 Å². The van der Waals surface area contributed by atoms with Crippen molar-refractivity contribution in [2.45, 2.75) is 48.3 Å². The van der Waals surface area contributed by atoms with E-state index in [-0.39, 0.29) is 0 Å². The average Bonchev–Trinajstić information content (AvgIpc) is 2.40. The van der Waals surface area contributed by atoms with Crippen LogP contribution in [0.3, 0.4) is 0 Å². The van der Waals surface area contributed by atoms with Gasteiger partial charge in [0.05, 0.1) is 7.11 Å². The molecule has 17 heavy (non-hydrogen) atoms. The molecule has 92 valence electrons. The Kier molecular flexibility index (Phi) is 2.73. The molecule has 0 unspecified atom stereocenters. The Labute approximate surface area is 112 Å². The number of ether oxygens (including phenoxy) is 1. The zero-order valence-corrected chi connectivity index (χ0v) is 11.9. The van der Waals surface area contributed by atoms with Crippen molar-refractivity contribution in [3.8, 4) is 5.75 Å². The van der Waals surface area contributed by atoms with Crippen LogP contribution in [0.5, 0.6) is 5.75 Å². The molecule has 0 N–H and O–H groups in total. The predicted molar refractivity (Wildman–Crippen MR) is 74.0 cm³/mol. The second kappa shape index (κ2) is 4.01. The molecule has 2 heteroatoms. The quantitative estimate of drug-likeness (QED) is 0.733. The summed E-state index contributed by atoms with van der Waals surface area (Å²) in [5.41, 5.74) is 1.93. The number of hydrogen-bond acceptors (Lipinski definition) is 1. The molecular weight excluding hydrogens is 276 g/mol. The van der Waals surface area contributed by atoms with Gasteiger partial charge in [-0.1, -0.05) is 28.1 Å². The summed E-state index contributed by atoms with van der Waals surface area (Å²) in [5, 5.41) is 0. The molecule has 1 aromatic carbocycles. The smallest absolute Gasteiger partial charge is 0.119 e. The summed E-state index contributed by atoms with van der Waals surface area (Å²) in [5.74, 6) is 0.998. The average molecular weight is 295 g/mol. The second-order valence-corrected chi connectivity index (χ2v) is 7.35. The lowest BCUT2D eigenvalue weighted by Gasteiger charge is -2.51. The highest BCUT2D eigenvalue weighted by molar-refractivity contribution is 9.10.